The van der Waals surface area contributed by atoms with E-state index in [0.29, 0.717) is 5.96 Å². The highest BCUT2D eigenvalue weighted by Gasteiger charge is 2.16. The van der Waals surface area contributed by atoms with Gasteiger partial charge in [0.2, 0.25) is 0 Å². The Hall–Kier alpha value is -0.790. The normalized spacial score (nSPS) is 15.9. The molecule has 1 aliphatic rings. The molecule has 0 saturated heterocycles. The number of imidazole rings is 1. The number of guanidine groups is 1. The first-order valence-corrected chi connectivity index (χ1v) is 6.34. The maximum atomic E-state index is 5.78. The molecule has 1 heterocycles. The first-order chi connectivity index (χ1) is 8.34. The summed E-state index contributed by atoms with van der Waals surface area (Å²) in [6.07, 6.45) is 10.6. The Balaban J connectivity index is 0.00000162. The Labute approximate surface area is 125 Å². The van der Waals surface area contributed by atoms with Crippen LogP contribution in [-0.4, -0.2) is 28.6 Å². The van der Waals surface area contributed by atoms with Gasteiger partial charge in [0.15, 0.2) is 5.96 Å². The molecule has 6 heteroatoms. The van der Waals surface area contributed by atoms with Crippen molar-refractivity contribution in [2.75, 3.05) is 13.1 Å². The standard InChI is InChI=1S/C12H21N5.HI/c13-12(16-9-11-3-1-4-11)15-5-2-7-17-8-6-14-10-17;/h6,8,10-11H,1-5,7,9H2,(H3,13,15,16);1H. The highest BCUT2D eigenvalue weighted by atomic mass is 127. The van der Waals surface area contributed by atoms with E-state index < -0.39 is 0 Å². The smallest absolute Gasteiger partial charge is 0.188 e. The number of hydrogen-bond acceptors (Lipinski definition) is 2. The van der Waals surface area contributed by atoms with Gasteiger partial charge in [-0.1, -0.05) is 6.42 Å². The lowest BCUT2D eigenvalue weighted by Crippen LogP contribution is -2.33. The molecule has 0 radical (unpaired) electrons. The average Bonchev–Trinajstić information content (AvgIpc) is 2.75. The van der Waals surface area contributed by atoms with Crippen LogP contribution in [0.1, 0.15) is 25.7 Å². The Bertz CT molecular complexity index is 345. The highest BCUT2D eigenvalue weighted by Crippen LogP contribution is 2.26. The van der Waals surface area contributed by atoms with E-state index in [0.717, 1.165) is 32.0 Å². The molecule has 2 rings (SSSR count). The van der Waals surface area contributed by atoms with Gasteiger partial charge in [-0.15, -0.1) is 24.0 Å². The van der Waals surface area contributed by atoms with Crippen molar-refractivity contribution in [3.63, 3.8) is 0 Å². The summed E-state index contributed by atoms with van der Waals surface area (Å²) in [6.45, 7) is 2.71. The molecule has 0 aliphatic heterocycles. The number of nitrogens with zero attached hydrogens (tertiary/aromatic N) is 3. The number of rotatable bonds is 6. The summed E-state index contributed by atoms with van der Waals surface area (Å²) in [5.41, 5.74) is 5.78. The number of hydrogen-bond donors (Lipinski definition) is 2. The van der Waals surface area contributed by atoms with Crippen LogP contribution >= 0.6 is 24.0 Å². The van der Waals surface area contributed by atoms with Gasteiger partial charge < -0.3 is 15.6 Å². The topological polar surface area (TPSA) is 68.2 Å². The van der Waals surface area contributed by atoms with Crippen LogP contribution in [0.3, 0.4) is 0 Å². The van der Waals surface area contributed by atoms with Crippen LogP contribution < -0.4 is 11.1 Å². The number of nitrogens with one attached hydrogen (secondary N) is 1. The molecular weight excluding hydrogens is 341 g/mol. The first kappa shape index (κ1) is 15.3. The van der Waals surface area contributed by atoms with Crippen molar-refractivity contribution in [3.05, 3.63) is 18.7 Å². The summed E-state index contributed by atoms with van der Waals surface area (Å²) >= 11 is 0. The maximum Gasteiger partial charge on any atom is 0.188 e. The van der Waals surface area contributed by atoms with Crippen LogP contribution in [0, 0.1) is 5.92 Å². The van der Waals surface area contributed by atoms with Crippen LogP contribution in [0.4, 0.5) is 0 Å². The van der Waals surface area contributed by atoms with Gasteiger partial charge in [-0.3, -0.25) is 4.99 Å². The van der Waals surface area contributed by atoms with E-state index in [-0.39, 0.29) is 24.0 Å². The van der Waals surface area contributed by atoms with Gasteiger partial charge in [0.25, 0.3) is 0 Å². The third-order valence-corrected chi connectivity index (χ3v) is 3.20. The van der Waals surface area contributed by atoms with Gasteiger partial charge in [-0.25, -0.2) is 4.98 Å². The van der Waals surface area contributed by atoms with Gasteiger partial charge in [-0.05, 0) is 25.2 Å². The predicted molar refractivity (Wildman–Crippen MR) is 84.1 cm³/mol. The molecule has 18 heavy (non-hydrogen) atoms. The van der Waals surface area contributed by atoms with E-state index in [1.165, 1.54) is 19.3 Å². The molecule has 1 aliphatic carbocycles. The van der Waals surface area contributed by atoms with Crippen LogP contribution in [-0.2, 0) is 6.54 Å². The van der Waals surface area contributed by atoms with Crippen molar-refractivity contribution in [1.82, 2.24) is 14.9 Å². The fourth-order valence-corrected chi connectivity index (χ4v) is 1.86. The summed E-state index contributed by atoms with van der Waals surface area (Å²) < 4.78 is 2.06. The Morgan fingerprint density at radius 2 is 2.33 bits per heavy atom. The summed E-state index contributed by atoms with van der Waals surface area (Å²) in [5, 5.41) is 3.14. The van der Waals surface area contributed by atoms with Crippen LogP contribution in [0.2, 0.25) is 0 Å². The molecule has 0 atom stereocenters. The van der Waals surface area contributed by atoms with Gasteiger partial charge >= 0.3 is 0 Å². The van der Waals surface area contributed by atoms with Crippen LogP contribution in [0.15, 0.2) is 23.7 Å². The lowest BCUT2D eigenvalue weighted by Gasteiger charge is -2.23. The number of halogens is 1. The molecule has 1 saturated carbocycles. The maximum absolute atomic E-state index is 5.78. The number of aliphatic imine (C=N–C) groups is 1. The van der Waals surface area contributed by atoms with Gasteiger partial charge in [0, 0.05) is 32.0 Å². The van der Waals surface area contributed by atoms with E-state index in [9.17, 15) is 0 Å². The van der Waals surface area contributed by atoms with Gasteiger partial charge in [0.1, 0.15) is 0 Å². The number of aryl methyl sites for hydroxylation is 1. The fourth-order valence-electron chi connectivity index (χ4n) is 1.86. The summed E-state index contributed by atoms with van der Waals surface area (Å²) in [7, 11) is 0. The Morgan fingerprint density at radius 3 is 2.94 bits per heavy atom. The second-order valence-electron chi connectivity index (χ2n) is 4.60. The molecule has 1 fully saturated rings. The summed E-state index contributed by atoms with van der Waals surface area (Å²) in [6, 6.07) is 0. The van der Waals surface area contributed by atoms with E-state index >= 15 is 0 Å². The van der Waals surface area contributed by atoms with Crippen molar-refractivity contribution in [2.24, 2.45) is 16.6 Å². The molecule has 1 aromatic heterocycles. The predicted octanol–water partition coefficient (Wildman–Crippen LogP) is 1.60. The zero-order valence-electron chi connectivity index (χ0n) is 10.6. The SMILES string of the molecule is I.NC(=NCC1CCC1)NCCCn1ccnc1. The van der Waals surface area contributed by atoms with E-state index in [1.54, 1.807) is 6.20 Å². The zero-order valence-corrected chi connectivity index (χ0v) is 12.9. The van der Waals surface area contributed by atoms with Gasteiger partial charge in [-0.2, -0.15) is 0 Å². The Kier molecular flexibility index (Phi) is 7.07. The third-order valence-electron chi connectivity index (χ3n) is 3.20. The second-order valence-corrected chi connectivity index (χ2v) is 4.60. The molecule has 3 N–H and O–H groups in total. The lowest BCUT2D eigenvalue weighted by molar-refractivity contribution is 0.326. The second kappa shape index (κ2) is 8.34. The molecule has 0 aromatic carbocycles. The van der Waals surface area contributed by atoms with Crippen molar-refractivity contribution in [1.29, 1.82) is 0 Å². The lowest BCUT2D eigenvalue weighted by atomic mass is 9.86. The molecular formula is C12H22IN5. The van der Waals surface area contributed by atoms with Crippen LogP contribution in [0.25, 0.3) is 0 Å². The number of aromatic nitrogens is 2. The fraction of sp³-hybridized carbons (Fsp3) is 0.667. The molecule has 0 bridgehead atoms. The molecule has 1 aromatic rings. The minimum Gasteiger partial charge on any atom is -0.370 e. The van der Waals surface area contributed by atoms with Crippen molar-refractivity contribution in [2.45, 2.75) is 32.2 Å². The zero-order chi connectivity index (χ0) is 11.9. The number of nitrogens with two attached hydrogens (primary N) is 1. The summed E-state index contributed by atoms with van der Waals surface area (Å²) in [5.74, 6) is 1.36. The molecule has 0 amide bonds. The van der Waals surface area contributed by atoms with E-state index in [2.05, 4.69) is 19.9 Å². The molecule has 0 spiro atoms. The highest BCUT2D eigenvalue weighted by molar-refractivity contribution is 14.0. The average molecular weight is 363 g/mol. The quantitative estimate of drug-likeness (QED) is 0.349. The summed E-state index contributed by atoms with van der Waals surface area (Å²) in [4.78, 5) is 8.34. The molecule has 102 valence electrons. The molecule has 0 unspecified atom stereocenters. The first-order valence-electron chi connectivity index (χ1n) is 6.34. The monoisotopic (exact) mass is 363 g/mol. The minimum absolute atomic E-state index is 0. The van der Waals surface area contributed by atoms with Crippen molar-refractivity contribution < 1.29 is 0 Å². The van der Waals surface area contributed by atoms with Gasteiger partial charge in [0.05, 0.1) is 6.33 Å². The van der Waals surface area contributed by atoms with E-state index in [1.807, 2.05) is 12.5 Å². The Morgan fingerprint density at radius 1 is 1.50 bits per heavy atom. The van der Waals surface area contributed by atoms with Crippen molar-refractivity contribution in [3.8, 4) is 0 Å². The van der Waals surface area contributed by atoms with Crippen molar-refractivity contribution >= 4 is 29.9 Å². The molecule has 5 nitrogen and oxygen atoms in total. The largest absolute Gasteiger partial charge is 0.370 e. The minimum atomic E-state index is 0. The van der Waals surface area contributed by atoms with Crippen LogP contribution in [0.5, 0.6) is 0 Å². The van der Waals surface area contributed by atoms with E-state index in [4.69, 9.17) is 5.73 Å². The third kappa shape index (κ3) is 5.24.